The molecule has 4 unspecified atom stereocenters. The molecule has 0 saturated heterocycles. The predicted molar refractivity (Wildman–Crippen MR) is 203 cm³/mol. The topological polar surface area (TPSA) is 0 Å². The Bertz CT molecular complexity index is 2060. The second-order valence-corrected chi connectivity index (χ2v) is 15.3. The van der Waals surface area contributed by atoms with E-state index < -0.39 is 0 Å². The second-order valence-electron chi connectivity index (χ2n) is 14.0. The first-order chi connectivity index (χ1) is 23.3. The van der Waals surface area contributed by atoms with Gasteiger partial charge in [-0.15, -0.1) is 11.8 Å². The van der Waals surface area contributed by atoms with Crippen molar-refractivity contribution in [2.45, 2.75) is 56.6 Å². The van der Waals surface area contributed by atoms with Crippen molar-refractivity contribution >= 4 is 33.4 Å². The Hall–Kier alpha value is -4.07. The SMILES string of the molecule is C1=CCC2C=CC(C3=c4ccc(C5=CC(C6CC=C(c7ccccc7)S6)CC=C5)cc4=C(C4=CCCCC4)C4=CC=CCC43)=CC2=C1. The van der Waals surface area contributed by atoms with Crippen LogP contribution < -0.4 is 10.4 Å². The van der Waals surface area contributed by atoms with Gasteiger partial charge in [-0.3, -0.25) is 0 Å². The average molecular weight is 627 g/mol. The molecule has 0 aromatic heterocycles. The molecule has 0 spiro atoms. The number of fused-ring (bicyclic) bond motifs is 3. The minimum Gasteiger partial charge on any atom is -0.121 e. The highest BCUT2D eigenvalue weighted by Gasteiger charge is 2.32. The van der Waals surface area contributed by atoms with Crippen LogP contribution in [0.2, 0.25) is 0 Å². The summed E-state index contributed by atoms with van der Waals surface area (Å²) in [7, 11) is 0. The summed E-state index contributed by atoms with van der Waals surface area (Å²) in [5.74, 6) is 1.45. The fraction of sp³-hybridized carbons (Fsp3) is 0.261. The number of allylic oxidation sites excluding steroid dienone is 19. The molecule has 232 valence electrons. The Morgan fingerprint density at radius 2 is 1.64 bits per heavy atom. The maximum absolute atomic E-state index is 2.59. The van der Waals surface area contributed by atoms with Gasteiger partial charge in [-0.2, -0.15) is 0 Å². The van der Waals surface area contributed by atoms with E-state index in [0.717, 1.165) is 25.7 Å². The van der Waals surface area contributed by atoms with Gasteiger partial charge in [-0.05, 0) is 124 Å². The third-order valence-corrected chi connectivity index (χ3v) is 12.7. The number of hydrogen-bond donors (Lipinski definition) is 0. The molecule has 0 saturated carbocycles. The molecule has 0 bridgehead atoms. The molecule has 9 rings (SSSR count). The summed E-state index contributed by atoms with van der Waals surface area (Å²) in [6.07, 6.45) is 43.2. The highest BCUT2D eigenvalue weighted by Crippen LogP contribution is 2.46. The molecule has 47 heavy (non-hydrogen) atoms. The van der Waals surface area contributed by atoms with Crippen molar-refractivity contribution in [2.24, 2.45) is 17.8 Å². The normalized spacial score (nSPS) is 27.6. The molecule has 1 aliphatic heterocycles. The Morgan fingerprint density at radius 1 is 0.723 bits per heavy atom. The van der Waals surface area contributed by atoms with Crippen LogP contribution in [0.5, 0.6) is 0 Å². The van der Waals surface area contributed by atoms with Crippen LogP contribution in [0.3, 0.4) is 0 Å². The molecule has 0 N–H and O–H groups in total. The minimum absolute atomic E-state index is 0.396. The van der Waals surface area contributed by atoms with Gasteiger partial charge in [0.25, 0.3) is 0 Å². The molecule has 4 atom stereocenters. The molecular weight excluding hydrogens is 585 g/mol. The molecular formula is C46H42S. The van der Waals surface area contributed by atoms with Crippen LogP contribution in [0, 0.1) is 17.8 Å². The number of rotatable bonds is 5. The zero-order chi connectivity index (χ0) is 31.2. The molecule has 0 radical (unpaired) electrons. The summed E-state index contributed by atoms with van der Waals surface area (Å²) < 4.78 is 0. The van der Waals surface area contributed by atoms with E-state index in [-0.39, 0.29) is 0 Å². The predicted octanol–water partition coefficient (Wildman–Crippen LogP) is 10.5. The van der Waals surface area contributed by atoms with E-state index in [9.17, 15) is 0 Å². The van der Waals surface area contributed by atoms with E-state index in [4.69, 9.17) is 0 Å². The fourth-order valence-corrected chi connectivity index (χ4v) is 10.1. The van der Waals surface area contributed by atoms with Crippen molar-refractivity contribution in [3.63, 3.8) is 0 Å². The fourth-order valence-electron chi connectivity index (χ4n) is 8.76. The molecule has 0 amide bonds. The third kappa shape index (κ3) is 5.43. The molecule has 1 heterocycles. The van der Waals surface area contributed by atoms with Crippen LogP contribution in [0.25, 0.3) is 21.6 Å². The molecule has 7 aliphatic rings. The third-order valence-electron chi connectivity index (χ3n) is 11.2. The van der Waals surface area contributed by atoms with Gasteiger partial charge in [0, 0.05) is 22.0 Å². The summed E-state index contributed by atoms with van der Waals surface area (Å²) in [5.41, 5.74) is 13.1. The van der Waals surface area contributed by atoms with Crippen molar-refractivity contribution in [3.05, 3.63) is 177 Å². The highest BCUT2D eigenvalue weighted by molar-refractivity contribution is 8.09. The summed E-state index contributed by atoms with van der Waals surface area (Å²) in [6.45, 7) is 0. The van der Waals surface area contributed by atoms with Gasteiger partial charge in [0.1, 0.15) is 0 Å². The quantitative estimate of drug-likeness (QED) is 0.318. The summed E-state index contributed by atoms with van der Waals surface area (Å²) in [4.78, 5) is 1.44. The lowest BCUT2D eigenvalue weighted by Gasteiger charge is -2.34. The molecule has 6 aliphatic carbocycles. The molecule has 2 aromatic carbocycles. The van der Waals surface area contributed by atoms with Crippen LogP contribution in [-0.4, -0.2) is 5.25 Å². The molecule has 0 fully saturated rings. The van der Waals surface area contributed by atoms with E-state index in [1.165, 1.54) is 85.6 Å². The summed E-state index contributed by atoms with van der Waals surface area (Å²) in [6, 6.07) is 18.4. The van der Waals surface area contributed by atoms with Crippen molar-refractivity contribution in [3.8, 4) is 0 Å². The number of benzene rings is 2. The lowest BCUT2D eigenvalue weighted by atomic mass is 9.69. The van der Waals surface area contributed by atoms with Crippen LogP contribution in [0.15, 0.2) is 156 Å². The van der Waals surface area contributed by atoms with Gasteiger partial charge < -0.3 is 0 Å². The lowest BCUT2D eigenvalue weighted by molar-refractivity contribution is 0.627. The number of thioether (sulfide) groups is 1. The Labute approximate surface area is 284 Å². The van der Waals surface area contributed by atoms with Crippen molar-refractivity contribution in [1.82, 2.24) is 0 Å². The number of hydrogen-bond acceptors (Lipinski definition) is 1. The largest absolute Gasteiger partial charge is 0.121 e. The first-order valence-electron chi connectivity index (χ1n) is 17.8. The smallest absolute Gasteiger partial charge is 0.0195 e. The van der Waals surface area contributed by atoms with E-state index in [0.29, 0.717) is 23.0 Å². The van der Waals surface area contributed by atoms with E-state index in [1.54, 1.807) is 5.57 Å². The van der Waals surface area contributed by atoms with Crippen molar-refractivity contribution in [1.29, 1.82) is 0 Å². The van der Waals surface area contributed by atoms with Gasteiger partial charge in [0.2, 0.25) is 0 Å². The van der Waals surface area contributed by atoms with Crippen LogP contribution in [0.1, 0.15) is 62.5 Å². The first kappa shape index (κ1) is 29.1. The zero-order valence-corrected chi connectivity index (χ0v) is 27.9. The van der Waals surface area contributed by atoms with Gasteiger partial charge >= 0.3 is 0 Å². The van der Waals surface area contributed by atoms with E-state index in [1.807, 2.05) is 0 Å². The molecule has 2 aromatic rings. The Morgan fingerprint density at radius 3 is 2.55 bits per heavy atom. The molecule has 1 heteroatoms. The summed E-state index contributed by atoms with van der Waals surface area (Å²) >= 11 is 2.08. The second kappa shape index (κ2) is 12.5. The van der Waals surface area contributed by atoms with Crippen LogP contribution >= 0.6 is 11.8 Å². The van der Waals surface area contributed by atoms with Gasteiger partial charge in [0.15, 0.2) is 0 Å². The lowest BCUT2D eigenvalue weighted by Crippen LogP contribution is -2.39. The monoisotopic (exact) mass is 626 g/mol. The van der Waals surface area contributed by atoms with Crippen LogP contribution in [-0.2, 0) is 0 Å². The van der Waals surface area contributed by atoms with Gasteiger partial charge in [-0.25, -0.2) is 0 Å². The van der Waals surface area contributed by atoms with Gasteiger partial charge in [-0.1, -0.05) is 128 Å². The molecule has 0 nitrogen and oxygen atoms in total. The minimum atomic E-state index is 0.396. The standard InChI is InChI=1S/C46H42S/c1-3-13-32(14-4-1)43-26-27-44(47-43)37-19-11-18-35(28-37)36-24-25-41-42(30-36)45(33-15-5-2-6-16-33)39-20-9-10-21-40(39)46(41)38-23-22-31-12-7-8-17-34(31)29-38/h1,3-4,7-11,13-15,17-18,20,22-26,28-31,37,40,44H,2,5-6,12,16,19,21,27H2. The van der Waals surface area contributed by atoms with Gasteiger partial charge in [0.05, 0.1) is 0 Å². The Kier molecular flexibility index (Phi) is 7.75. The summed E-state index contributed by atoms with van der Waals surface area (Å²) in [5, 5.41) is 3.47. The zero-order valence-electron chi connectivity index (χ0n) is 27.1. The van der Waals surface area contributed by atoms with Crippen molar-refractivity contribution < 1.29 is 0 Å². The highest BCUT2D eigenvalue weighted by atomic mass is 32.2. The van der Waals surface area contributed by atoms with Crippen LogP contribution in [0.4, 0.5) is 0 Å². The van der Waals surface area contributed by atoms with E-state index in [2.05, 4.69) is 145 Å². The van der Waals surface area contributed by atoms with Crippen molar-refractivity contribution in [2.75, 3.05) is 0 Å². The van der Waals surface area contributed by atoms with E-state index >= 15 is 0 Å². The first-order valence-corrected chi connectivity index (χ1v) is 18.7. The Balaban J connectivity index is 1.17. The maximum Gasteiger partial charge on any atom is 0.0195 e. The average Bonchev–Trinajstić information content (AvgIpc) is 3.65. The maximum atomic E-state index is 2.59.